The molecule has 134 valence electrons. The molecule has 1 amide bonds. The minimum absolute atomic E-state index is 0.0163. The Morgan fingerprint density at radius 1 is 1.27 bits per heavy atom. The van der Waals surface area contributed by atoms with E-state index in [1.807, 2.05) is 0 Å². The molecule has 0 spiro atoms. The van der Waals surface area contributed by atoms with Crippen LogP contribution in [-0.2, 0) is 11.0 Å². The second-order valence-corrected chi connectivity index (χ2v) is 7.16. The number of carbonyl (C=O) groups is 1. The maximum atomic E-state index is 13.0. The first-order valence-electron chi connectivity index (χ1n) is 7.12. The van der Waals surface area contributed by atoms with Crippen molar-refractivity contribution in [2.45, 2.75) is 6.18 Å². The smallest absolute Gasteiger partial charge is 0.417 e. The first kappa shape index (κ1) is 18.8. The summed E-state index contributed by atoms with van der Waals surface area (Å²) in [6.07, 6.45) is 1.67. The first-order valence-corrected chi connectivity index (χ1v) is 8.72. The van der Waals surface area contributed by atoms with E-state index >= 15 is 0 Å². The monoisotopic (exact) mass is 415 g/mol. The van der Waals surface area contributed by atoms with E-state index in [-0.39, 0.29) is 10.0 Å². The van der Waals surface area contributed by atoms with E-state index in [1.165, 1.54) is 18.4 Å². The summed E-state index contributed by atoms with van der Waals surface area (Å²) in [6.45, 7) is 0. The van der Waals surface area contributed by atoms with Gasteiger partial charge < -0.3 is 4.42 Å². The largest absolute Gasteiger partial charge is 0.465 e. The van der Waals surface area contributed by atoms with Gasteiger partial charge >= 0.3 is 6.18 Å². The van der Waals surface area contributed by atoms with Gasteiger partial charge in [-0.1, -0.05) is 41.7 Å². The summed E-state index contributed by atoms with van der Waals surface area (Å²) in [5.74, 6) is 0.101. The third kappa shape index (κ3) is 3.87. The van der Waals surface area contributed by atoms with Crippen molar-refractivity contribution in [2.75, 3.05) is 4.90 Å². The third-order valence-electron chi connectivity index (χ3n) is 3.36. The number of thioether (sulfide) groups is 1. The predicted molar refractivity (Wildman–Crippen MR) is 100.0 cm³/mol. The Kier molecular flexibility index (Phi) is 5.27. The van der Waals surface area contributed by atoms with Gasteiger partial charge in [0.1, 0.15) is 5.76 Å². The molecule has 1 aliphatic heterocycles. The molecule has 0 bridgehead atoms. The van der Waals surface area contributed by atoms with Gasteiger partial charge in [0.15, 0.2) is 4.32 Å². The van der Waals surface area contributed by atoms with E-state index < -0.39 is 22.7 Å². The lowest BCUT2D eigenvalue weighted by Gasteiger charge is -2.17. The molecule has 1 aromatic heterocycles. The summed E-state index contributed by atoms with van der Waals surface area (Å²) in [5.41, 5.74) is -1.00. The molecule has 0 saturated carbocycles. The molecule has 3 rings (SSSR count). The first-order chi connectivity index (χ1) is 12.3. The molecule has 26 heavy (non-hydrogen) atoms. The van der Waals surface area contributed by atoms with Gasteiger partial charge in [-0.2, -0.15) is 13.2 Å². The Balaban J connectivity index is 1.88. The summed E-state index contributed by atoms with van der Waals surface area (Å²) in [7, 11) is 0. The molecule has 0 radical (unpaired) electrons. The molecular formula is C17H9ClF3NO2S2. The van der Waals surface area contributed by atoms with Gasteiger partial charge in [0.2, 0.25) is 0 Å². The molecule has 1 aromatic carbocycles. The van der Waals surface area contributed by atoms with Crippen LogP contribution in [0, 0.1) is 0 Å². The lowest BCUT2D eigenvalue weighted by molar-refractivity contribution is -0.137. The van der Waals surface area contributed by atoms with E-state index in [0.717, 1.165) is 28.8 Å². The number of hydrogen-bond donors (Lipinski definition) is 0. The fraction of sp³-hybridized carbons (Fsp3) is 0.0588. The number of alkyl halides is 3. The molecule has 1 fully saturated rings. The van der Waals surface area contributed by atoms with Crippen molar-refractivity contribution >= 4 is 57.6 Å². The number of anilines is 1. The zero-order valence-corrected chi connectivity index (χ0v) is 15.2. The minimum atomic E-state index is -4.63. The van der Waals surface area contributed by atoms with Crippen molar-refractivity contribution in [1.29, 1.82) is 0 Å². The van der Waals surface area contributed by atoms with Crippen molar-refractivity contribution in [3.8, 4) is 0 Å². The lowest BCUT2D eigenvalue weighted by atomic mass is 10.2. The molecule has 0 aliphatic carbocycles. The highest BCUT2D eigenvalue weighted by molar-refractivity contribution is 8.27. The molecule has 9 heteroatoms. The van der Waals surface area contributed by atoms with Gasteiger partial charge in [-0.3, -0.25) is 9.69 Å². The topological polar surface area (TPSA) is 33.5 Å². The number of carbonyl (C=O) groups excluding carboxylic acids is 1. The van der Waals surface area contributed by atoms with Gasteiger partial charge in [-0.05, 0) is 42.5 Å². The maximum Gasteiger partial charge on any atom is 0.417 e. The molecule has 0 atom stereocenters. The Hall–Kier alpha value is -2.03. The summed E-state index contributed by atoms with van der Waals surface area (Å²) >= 11 is 11.8. The highest BCUT2D eigenvalue weighted by Gasteiger charge is 2.37. The van der Waals surface area contributed by atoms with Gasteiger partial charge in [-0.25, -0.2) is 0 Å². The average molecular weight is 416 g/mol. The van der Waals surface area contributed by atoms with Crippen LogP contribution in [0.25, 0.3) is 6.08 Å². The van der Waals surface area contributed by atoms with E-state index in [1.54, 1.807) is 24.3 Å². The molecule has 2 heterocycles. The summed E-state index contributed by atoms with van der Waals surface area (Å²) in [5, 5.41) is -0.441. The molecule has 1 aliphatic rings. The van der Waals surface area contributed by atoms with Crippen LogP contribution in [-0.4, -0.2) is 10.2 Å². The molecular weight excluding hydrogens is 407 g/mol. The van der Waals surface area contributed by atoms with Gasteiger partial charge in [-0.15, -0.1) is 0 Å². The van der Waals surface area contributed by atoms with E-state index in [9.17, 15) is 18.0 Å². The Bertz CT molecular complexity index is 921. The second-order valence-electron chi connectivity index (χ2n) is 5.08. The van der Waals surface area contributed by atoms with Crippen LogP contribution in [0.1, 0.15) is 11.3 Å². The van der Waals surface area contributed by atoms with Crippen LogP contribution >= 0.6 is 35.6 Å². The molecule has 2 aromatic rings. The van der Waals surface area contributed by atoms with Crippen molar-refractivity contribution in [2.24, 2.45) is 0 Å². The third-order valence-corrected chi connectivity index (χ3v) is 5.01. The van der Waals surface area contributed by atoms with E-state index in [2.05, 4.69) is 0 Å². The van der Waals surface area contributed by atoms with Crippen LogP contribution in [0.4, 0.5) is 18.9 Å². The zero-order chi connectivity index (χ0) is 18.9. The SMILES string of the molecule is O=C1C(=CC=Cc2ccco2)SC(=S)N1c1ccc(Cl)c(C(F)(F)F)c1. The van der Waals surface area contributed by atoms with Crippen LogP contribution in [0.3, 0.4) is 0 Å². The van der Waals surface area contributed by atoms with Crippen LogP contribution < -0.4 is 4.90 Å². The van der Waals surface area contributed by atoms with Crippen molar-refractivity contribution in [3.05, 3.63) is 70.0 Å². The Labute approximate surface area is 161 Å². The molecule has 1 saturated heterocycles. The van der Waals surface area contributed by atoms with E-state index in [0.29, 0.717) is 10.7 Å². The minimum Gasteiger partial charge on any atom is -0.465 e. The maximum absolute atomic E-state index is 13.0. The Morgan fingerprint density at radius 2 is 2.04 bits per heavy atom. The van der Waals surface area contributed by atoms with Gasteiger partial charge in [0.05, 0.1) is 27.4 Å². The van der Waals surface area contributed by atoms with Crippen LogP contribution in [0.15, 0.2) is 58.1 Å². The fourth-order valence-corrected chi connectivity index (χ4v) is 3.67. The Morgan fingerprint density at radius 3 is 2.69 bits per heavy atom. The van der Waals surface area contributed by atoms with Crippen molar-refractivity contribution < 1.29 is 22.4 Å². The number of hydrogen-bond acceptors (Lipinski definition) is 4. The summed E-state index contributed by atoms with van der Waals surface area (Å²) in [4.78, 5) is 13.9. The summed E-state index contributed by atoms with van der Waals surface area (Å²) < 4.78 is 44.4. The van der Waals surface area contributed by atoms with Crippen LogP contribution in [0.2, 0.25) is 5.02 Å². The van der Waals surface area contributed by atoms with Crippen LogP contribution in [0.5, 0.6) is 0 Å². The molecule has 0 N–H and O–H groups in total. The molecule has 0 unspecified atom stereocenters. The number of halogens is 4. The number of allylic oxidation sites excluding steroid dienone is 2. The van der Waals surface area contributed by atoms with Crippen molar-refractivity contribution in [3.63, 3.8) is 0 Å². The predicted octanol–water partition coefficient (Wildman–Crippen LogP) is 5.91. The molecule has 3 nitrogen and oxygen atoms in total. The second kappa shape index (κ2) is 7.30. The highest BCUT2D eigenvalue weighted by atomic mass is 35.5. The quantitative estimate of drug-likeness (QED) is 0.460. The summed E-state index contributed by atoms with van der Waals surface area (Å²) in [6, 6.07) is 6.69. The fourth-order valence-electron chi connectivity index (χ4n) is 2.19. The van der Waals surface area contributed by atoms with Gasteiger partial charge in [0.25, 0.3) is 5.91 Å². The normalized spacial score (nSPS) is 17.1. The standard InChI is InChI=1S/C17H9ClF3NO2S2/c18-13-7-6-10(9-12(13)17(19,20)21)22-15(23)14(26-16(22)25)5-1-3-11-4-2-8-24-11/h1-9H. The highest BCUT2D eigenvalue weighted by Crippen LogP contribution is 2.40. The van der Waals surface area contributed by atoms with Crippen molar-refractivity contribution in [1.82, 2.24) is 0 Å². The number of thiocarbonyl (C=S) groups is 1. The lowest BCUT2D eigenvalue weighted by Crippen LogP contribution is -2.27. The number of amides is 1. The number of rotatable bonds is 3. The van der Waals surface area contributed by atoms with Gasteiger partial charge in [0, 0.05) is 0 Å². The zero-order valence-electron chi connectivity index (χ0n) is 12.8. The number of nitrogens with zero attached hydrogens (tertiary/aromatic N) is 1. The number of furan rings is 1. The average Bonchev–Trinajstić information content (AvgIpc) is 3.16. The van der Waals surface area contributed by atoms with E-state index in [4.69, 9.17) is 28.2 Å². The number of benzene rings is 1.